The van der Waals surface area contributed by atoms with E-state index in [0.29, 0.717) is 26.6 Å². The molecule has 1 aromatic heterocycles. The van der Waals surface area contributed by atoms with Crippen molar-refractivity contribution < 1.29 is 9.53 Å². The second-order valence-corrected chi connectivity index (χ2v) is 8.71. The zero-order valence-electron chi connectivity index (χ0n) is 17.1. The van der Waals surface area contributed by atoms with Crippen LogP contribution in [0.15, 0.2) is 59.1 Å². The summed E-state index contributed by atoms with van der Waals surface area (Å²) in [5, 5.41) is 6.59. The molecule has 0 atom stereocenters. The van der Waals surface area contributed by atoms with Crippen LogP contribution in [0.4, 0.5) is 5.69 Å². The van der Waals surface area contributed by atoms with Gasteiger partial charge in [0.05, 0.1) is 22.6 Å². The SMILES string of the molecule is COc1ccc(C(=O)NC(=S)Nc2cccc(-c3nc4cc(Cl)c(C)cc4[nH]3)c2)cc1Br. The number of aromatic amines is 1. The molecule has 3 aromatic carbocycles. The van der Waals surface area contributed by atoms with Gasteiger partial charge in [0.15, 0.2) is 5.11 Å². The number of rotatable bonds is 4. The van der Waals surface area contributed by atoms with Crippen molar-refractivity contribution in [1.82, 2.24) is 15.3 Å². The number of ether oxygens (including phenoxy) is 1. The Morgan fingerprint density at radius 1 is 1.19 bits per heavy atom. The Morgan fingerprint density at radius 2 is 2.00 bits per heavy atom. The van der Waals surface area contributed by atoms with Crippen LogP contribution in [0.3, 0.4) is 0 Å². The first-order valence-electron chi connectivity index (χ1n) is 9.56. The summed E-state index contributed by atoms with van der Waals surface area (Å²) < 4.78 is 5.87. The van der Waals surface area contributed by atoms with Gasteiger partial charge in [-0.3, -0.25) is 10.1 Å². The number of anilines is 1. The first-order chi connectivity index (χ1) is 15.3. The van der Waals surface area contributed by atoms with Crippen LogP contribution >= 0.6 is 39.7 Å². The van der Waals surface area contributed by atoms with E-state index in [0.717, 1.165) is 27.8 Å². The molecule has 0 saturated heterocycles. The lowest BCUT2D eigenvalue weighted by Gasteiger charge is -2.11. The highest BCUT2D eigenvalue weighted by Gasteiger charge is 2.12. The number of benzene rings is 3. The number of carbonyl (C=O) groups excluding carboxylic acids is 1. The fraction of sp³-hybridized carbons (Fsp3) is 0.0870. The van der Waals surface area contributed by atoms with Gasteiger partial charge >= 0.3 is 0 Å². The standard InChI is InChI=1S/C23H18BrClN4O2S/c1-12-8-18-19(11-17(12)25)28-21(27-18)13-4-3-5-15(9-13)26-23(32)29-22(30)14-6-7-20(31-2)16(24)10-14/h3-11H,1-2H3,(H,27,28)(H2,26,29,30,32). The lowest BCUT2D eigenvalue weighted by Crippen LogP contribution is -2.34. The molecule has 0 radical (unpaired) electrons. The molecule has 3 N–H and O–H groups in total. The zero-order valence-corrected chi connectivity index (χ0v) is 20.3. The van der Waals surface area contributed by atoms with E-state index in [2.05, 4.69) is 36.5 Å². The van der Waals surface area contributed by atoms with Gasteiger partial charge in [-0.2, -0.15) is 0 Å². The second kappa shape index (κ2) is 9.28. The quantitative estimate of drug-likeness (QED) is 0.279. The van der Waals surface area contributed by atoms with E-state index in [1.54, 1.807) is 25.3 Å². The molecule has 6 nitrogen and oxygen atoms in total. The van der Waals surface area contributed by atoms with E-state index < -0.39 is 0 Å². The zero-order chi connectivity index (χ0) is 22.8. The Kier molecular flexibility index (Phi) is 6.45. The van der Waals surface area contributed by atoms with Gasteiger partial charge in [-0.25, -0.2) is 4.98 Å². The minimum atomic E-state index is -0.327. The first-order valence-corrected chi connectivity index (χ1v) is 11.1. The van der Waals surface area contributed by atoms with Crippen LogP contribution in [0.5, 0.6) is 5.75 Å². The summed E-state index contributed by atoms with van der Waals surface area (Å²) >= 11 is 14.9. The van der Waals surface area contributed by atoms with Gasteiger partial charge in [-0.15, -0.1) is 0 Å². The topological polar surface area (TPSA) is 79.0 Å². The number of carbonyl (C=O) groups is 1. The highest BCUT2D eigenvalue weighted by molar-refractivity contribution is 9.10. The van der Waals surface area contributed by atoms with E-state index in [1.165, 1.54) is 0 Å². The summed E-state index contributed by atoms with van der Waals surface area (Å²) in [6.07, 6.45) is 0. The van der Waals surface area contributed by atoms with Crippen LogP contribution in [0, 0.1) is 6.92 Å². The number of nitrogens with zero attached hydrogens (tertiary/aromatic N) is 1. The van der Waals surface area contributed by atoms with Crippen LogP contribution in [-0.4, -0.2) is 28.1 Å². The molecule has 1 heterocycles. The molecule has 32 heavy (non-hydrogen) atoms. The van der Waals surface area contributed by atoms with Crippen molar-refractivity contribution in [1.29, 1.82) is 0 Å². The first kappa shape index (κ1) is 22.3. The summed E-state index contributed by atoms with van der Waals surface area (Å²) in [5.41, 5.74) is 4.73. The van der Waals surface area contributed by atoms with Crippen LogP contribution in [-0.2, 0) is 0 Å². The summed E-state index contributed by atoms with van der Waals surface area (Å²) in [6, 6.07) is 16.4. The Labute approximate surface area is 203 Å². The number of nitrogens with one attached hydrogen (secondary N) is 3. The minimum Gasteiger partial charge on any atom is -0.496 e. The van der Waals surface area contributed by atoms with Crippen LogP contribution in [0.1, 0.15) is 15.9 Å². The number of methoxy groups -OCH3 is 1. The van der Waals surface area contributed by atoms with Gasteiger partial charge in [0.25, 0.3) is 5.91 Å². The van der Waals surface area contributed by atoms with Crippen molar-refractivity contribution in [3.05, 3.63) is 75.2 Å². The van der Waals surface area contributed by atoms with Crippen molar-refractivity contribution in [3.8, 4) is 17.1 Å². The van der Waals surface area contributed by atoms with Gasteiger partial charge in [-0.05, 0) is 83.1 Å². The average Bonchev–Trinajstić information content (AvgIpc) is 3.16. The number of hydrogen-bond donors (Lipinski definition) is 3. The Bertz CT molecular complexity index is 1320. The molecule has 0 unspecified atom stereocenters. The summed E-state index contributed by atoms with van der Waals surface area (Å²) in [7, 11) is 1.56. The summed E-state index contributed by atoms with van der Waals surface area (Å²) in [4.78, 5) is 20.5. The molecule has 0 fully saturated rings. The maximum absolute atomic E-state index is 12.5. The van der Waals surface area contributed by atoms with Crippen molar-refractivity contribution in [2.45, 2.75) is 6.92 Å². The third kappa shape index (κ3) is 4.77. The molecular weight excluding hydrogens is 512 g/mol. The number of fused-ring (bicyclic) bond motifs is 1. The molecule has 4 aromatic rings. The van der Waals surface area contributed by atoms with Crippen molar-refractivity contribution in [2.75, 3.05) is 12.4 Å². The molecule has 0 aliphatic heterocycles. The number of aryl methyl sites for hydroxylation is 1. The van der Waals surface area contributed by atoms with Crippen LogP contribution in [0.25, 0.3) is 22.4 Å². The number of hydrogen-bond acceptors (Lipinski definition) is 4. The number of thiocarbonyl (C=S) groups is 1. The molecule has 4 rings (SSSR count). The number of amides is 1. The van der Waals surface area contributed by atoms with Crippen molar-refractivity contribution in [2.24, 2.45) is 0 Å². The highest BCUT2D eigenvalue weighted by atomic mass is 79.9. The molecule has 0 aliphatic carbocycles. The normalized spacial score (nSPS) is 10.8. The number of aromatic nitrogens is 2. The number of imidazole rings is 1. The summed E-state index contributed by atoms with van der Waals surface area (Å²) in [5.74, 6) is 1.02. The molecule has 0 saturated carbocycles. The lowest BCUT2D eigenvalue weighted by molar-refractivity contribution is 0.0977. The van der Waals surface area contributed by atoms with Gasteiger partial charge < -0.3 is 15.0 Å². The summed E-state index contributed by atoms with van der Waals surface area (Å²) in [6.45, 7) is 1.95. The molecule has 1 amide bonds. The Balaban J connectivity index is 1.48. The van der Waals surface area contributed by atoms with Crippen LogP contribution in [0.2, 0.25) is 5.02 Å². The molecule has 9 heteroatoms. The highest BCUT2D eigenvalue weighted by Crippen LogP contribution is 2.27. The van der Waals surface area contributed by atoms with Gasteiger partial charge in [0, 0.05) is 21.8 Å². The molecule has 0 spiro atoms. The largest absolute Gasteiger partial charge is 0.496 e. The minimum absolute atomic E-state index is 0.186. The third-order valence-electron chi connectivity index (χ3n) is 4.80. The predicted octanol–water partition coefficient (Wildman–Crippen LogP) is 6.09. The second-order valence-electron chi connectivity index (χ2n) is 7.04. The maximum atomic E-state index is 12.5. The molecule has 162 valence electrons. The third-order valence-corrected chi connectivity index (χ3v) is 6.03. The van der Waals surface area contributed by atoms with E-state index in [1.807, 2.05) is 43.3 Å². The molecule has 0 aliphatic rings. The van der Waals surface area contributed by atoms with Crippen molar-refractivity contribution in [3.63, 3.8) is 0 Å². The predicted molar refractivity (Wildman–Crippen MR) is 136 cm³/mol. The lowest BCUT2D eigenvalue weighted by atomic mass is 10.2. The van der Waals surface area contributed by atoms with Gasteiger partial charge in [0.1, 0.15) is 11.6 Å². The Hall–Kier alpha value is -2.94. The van der Waals surface area contributed by atoms with E-state index in [4.69, 9.17) is 28.6 Å². The van der Waals surface area contributed by atoms with Gasteiger partial charge in [-0.1, -0.05) is 23.7 Å². The smallest absolute Gasteiger partial charge is 0.257 e. The maximum Gasteiger partial charge on any atom is 0.257 e. The monoisotopic (exact) mass is 528 g/mol. The molecular formula is C23H18BrClN4O2S. The van der Waals surface area contributed by atoms with Crippen molar-refractivity contribution >= 4 is 67.5 Å². The van der Waals surface area contributed by atoms with Crippen LogP contribution < -0.4 is 15.4 Å². The number of halogens is 2. The number of H-pyrrole nitrogens is 1. The fourth-order valence-corrected chi connectivity index (χ4v) is 4.07. The fourth-order valence-electron chi connectivity index (χ4n) is 3.17. The average molecular weight is 530 g/mol. The van der Waals surface area contributed by atoms with E-state index >= 15 is 0 Å². The van der Waals surface area contributed by atoms with E-state index in [-0.39, 0.29) is 11.0 Å². The molecule has 0 bridgehead atoms. The Morgan fingerprint density at radius 3 is 2.75 bits per heavy atom. The van der Waals surface area contributed by atoms with Gasteiger partial charge in [0.2, 0.25) is 0 Å². The van der Waals surface area contributed by atoms with E-state index in [9.17, 15) is 4.79 Å².